The second kappa shape index (κ2) is 9.13. The highest BCUT2D eigenvalue weighted by atomic mass is 35.5. The zero-order chi connectivity index (χ0) is 22.9. The number of ether oxygens (including phenoxy) is 1. The zero-order valence-electron chi connectivity index (χ0n) is 16.8. The number of halogens is 5. The monoisotopic (exact) mass is 480 g/mol. The minimum Gasteiger partial charge on any atom is -0.495 e. The van der Waals surface area contributed by atoms with Crippen molar-refractivity contribution in [1.29, 1.82) is 0 Å². The first kappa shape index (κ1) is 23.5. The maximum Gasteiger partial charge on any atom is 0.436 e. The van der Waals surface area contributed by atoms with Gasteiger partial charge in [0.05, 0.1) is 35.5 Å². The van der Waals surface area contributed by atoms with Gasteiger partial charge < -0.3 is 19.6 Å². The Balaban J connectivity index is 1.74. The molecular formula is C19H21Cl2F3N4O3. The number of aliphatic hydroxyl groups excluding tert-OH is 1. The number of piperazine rings is 1. The lowest BCUT2D eigenvalue weighted by Crippen LogP contribution is -2.57. The Labute approximate surface area is 186 Å². The number of aliphatic hydroxyl groups is 1. The Morgan fingerprint density at radius 3 is 2.61 bits per heavy atom. The molecule has 1 atom stereocenters. The lowest BCUT2D eigenvalue weighted by Gasteiger charge is -2.41. The van der Waals surface area contributed by atoms with Crippen LogP contribution in [0.4, 0.5) is 18.9 Å². The number of amides is 1. The number of methoxy groups -OCH3 is 1. The van der Waals surface area contributed by atoms with Gasteiger partial charge in [0.2, 0.25) is 5.91 Å². The van der Waals surface area contributed by atoms with Crippen LogP contribution in [-0.2, 0) is 17.5 Å². The van der Waals surface area contributed by atoms with Gasteiger partial charge in [-0.15, -0.1) is 0 Å². The SMILES string of the molecule is COc1cc(N2CCN(C(=O)Cn3nc(C(F)(F)F)c(Cl)c3C)[C@@H](CO)C2)ccc1Cl. The molecule has 1 saturated heterocycles. The molecule has 1 aromatic carbocycles. The topological polar surface area (TPSA) is 70.8 Å². The first-order valence-corrected chi connectivity index (χ1v) is 10.1. The summed E-state index contributed by atoms with van der Waals surface area (Å²) in [6.07, 6.45) is -4.71. The average Bonchev–Trinajstić information content (AvgIpc) is 3.02. The molecule has 170 valence electrons. The van der Waals surface area contributed by atoms with Gasteiger partial charge in [0.15, 0.2) is 5.69 Å². The number of carbonyl (C=O) groups excluding carboxylic acids is 1. The summed E-state index contributed by atoms with van der Waals surface area (Å²) < 4.78 is 45.2. The predicted molar refractivity (Wildman–Crippen MR) is 110 cm³/mol. The minimum absolute atomic E-state index is 0.0507. The number of anilines is 1. The first-order chi connectivity index (χ1) is 14.6. The third kappa shape index (κ3) is 4.86. The lowest BCUT2D eigenvalue weighted by molar-refractivity contribution is -0.142. The van der Waals surface area contributed by atoms with Gasteiger partial charge in [0, 0.05) is 31.4 Å². The zero-order valence-corrected chi connectivity index (χ0v) is 18.3. The van der Waals surface area contributed by atoms with Gasteiger partial charge in [-0.3, -0.25) is 9.48 Å². The molecular weight excluding hydrogens is 460 g/mol. The van der Waals surface area contributed by atoms with Gasteiger partial charge in [-0.25, -0.2) is 0 Å². The normalized spacial score (nSPS) is 17.2. The molecule has 0 bridgehead atoms. The summed E-state index contributed by atoms with van der Waals surface area (Å²) in [4.78, 5) is 16.2. The van der Waals surface area contributed by atoms with Crippen LogP contribution < -0.4 is 9.64 Å². The van der Waals surface area contributed by atoms with E-state index >= 15 is 0 Å². The fourth-order valence-electron chi connectivity index (χ4n) is 3.50. The third-order valence-corrected chi connectivity index (χ3v) is 5.97. The number of hydrogen-bond donors (Lipinski definition) is 1. The van der Waals surface area contributed by atoms with E-state index in [2.05, 4.69) is 5.10 Å². The fraction of sp³-hybridized carbons (Fsp3) is 0.474. The summed E-state index contributed by atoms with van der Waals surface area (Å²) in [5.74, 6) is 0.0492. The van der Waals surface area contributed by atoms with E-state index in [4.69, 9.17) is 27.9 Å². The summed E-state index contributed by atoms with van der Waals surface area (Å²) >= 11 is 11.8. The van der Waals surface area contributed by atoms with Crippen LogP contribution >= 0.6 is 23.2 Å². The Bertz CT molecular complexity index is 968. The number of benzene rings is 1. The Hall–Kier alpha value is -2.17. The maximum atomic E-state index is 13.0. The molecule has 1 aromatic heterocycles. The molecule has 1 aliphatic rings. The summed E-state index contributed by atoms with van der Waals surface area (Å²) in [5.41, 5.74) is -0.356. The summed E-state index contributed by atoms with van der Waals surface area (Å²) in [5, 5.41) is 13.2. The van der Waals surface area contributed by atoms with Gasteiger partial charge in [0.25, 0.3) is 0 Å². The summed E-state index contributed by atoms with van der Waals surface area (Å²) in [6.45, 7) is 1.72. The van der Waals surface area contributed by atoms with Crippen molar-refractivity contribution in [3.05, 3.63) is 39.6 Å². The van der Waals surface area contributed by atoms with Gasteiger partial charge in [0.1, 0.15) is 12.3 Å². The number of nitrogens with zero attached hydrogens (tertiary/aromatic N) is 4. The highest BCUT2D eigenvalue weighted by Crippen LogP contribution is 2.35. The minimum atomic E-state index is -4.71. The van der Waals surface area contributed by atoms with E-state index in [0.29, 0.717) is 23.9 Å². The molecule has 3 rings (SSSR count). The summed E-state index contributed by atoms with van der Waals surface area (Å²) in [7, 11) is 1.51. The van der Waals surface area contributed by atoms with Crippen LogP contribution in [0.5, 0.6) is 5.75 Å². The summed E-state index contributed by atoms with van der Waals surface area (Å²) in [6, 6.07) is 4.73. The van der Waals surface area contributed by atoms with Crippen molar-refractivity contribution in [2.75, 3.05) is 38.3 Å². The average molecular weight is 481 g/mol. The standard InChI is InChI=1S/C19H21Cl2F3N4O3/c1-11-17(21)18(19(22,23)24)25-28(11)9-16(30)27-6-5-26(8-13(27)10-29)12-3-4-14(20)15(7-12)31-2/h3-4,7,13,29H,5-6,8-10H2,1-2H3/t13-/m1/s1. The molecule has 0 aliphatic carbocycles. The van der Waals surface area contributed by atoms with Gasteiger partial charge in [-0.2, -0.15) is 18.3 Å². The van der Waals surface area contributed by atoms with Crippen LogP contribution in [0, 0.1) is 6.92 Å². The van der Waals surface area contributed by atoms with E-state index in [1.807, 2.05) is 11.0 Å². The molecule has 0 radical (unpaired) electrons. The molecule has 1 N–H and O–H groups in total. The molecule has 12 heteroatoms. The molecule has 0 unspecified atom stereocenters. The smallest absolute Gasteiger partial charge is 0.436 e. The van der Waals surface area contributed by atoms with Crippen molar-refractivity contribution >= 4 is 34.8 Å². The van der Waals surface area contributed by atoms with Gasteiger partial charge in [-0.1, -0.05) is 23.2 Å². The quantitative estimate of drug-likeness (QED) is 0.711. The molecule has 2 heterocycles. The van der Waals surface area contributed by atoms with E-state index in [1.165, 1.54) is 18.9 Å². The number of aromatic nitrogens is 2. The van der Waals surface area contributed by atoms with Crippen molar-refractivity contribution in [2.24, 2.45) is 0 Å². The van der Waals surface area contributed by atoms with Crippen LogP contribution in [0.25, 0.3) is 0 Å². The fourth-order valence-corrected chi connectivity index (χ4v) is 3.94. The molecule has 2 aromatic rings. The predicted octanol–water partition coefficient (Wildman–Crippen LogP) is 3.24. The number of hydrogen-bond acceptors (Lipinski definition) is 5. The van der Waals surface area contributed by atoms with Gasteiger partial charge in [-0.05, 0) is 19.1 Å². The second-order valence-electron chi connectivity index (χ2n) is 7.09. The number of alkyl halides is 3. The lowest BCUT2D eigenvalue weighted by atomic mass is 10.1. The Kier molecular flexibility index (Phi) is 6.92. The third-order valence-electron chi connectivity index (χ3n) is 5.20. The van der Waals surface area contributed by atoms with Crippen LogP contribution in [0.3, 0.4) is 0 Å². The molecule has 7 nitrogen and oxygen atoms in total. The van der Waals surface area contributed by atoms with Crippen molar-refractivity contribution in [3.8, 4) is 5.75 Å². The maximum absolute atomic E-state index is 13.0. The molecule has 31 heavy (non-hydrogen) atoms. The van der Waals surface area contributed by atoms with Gasteiger partial charge >= 0.3 is 6.18 Å². The molecule has 1 amide bonds. The van der Waals surface area contributed by atoms with Crippen molar-refractivity contribution in [3.63, 3.8) is 0 Å². The molecule has 1 aliphatic heterocycles. The highest BCUT2D eigenvalue weighted by molar-refractivity contribution is 6.32. The van der Waals surface area contributed by atoms with E-state index in [-0.39, 0.29) is 18.8 Å². The molecule has 1 fully saturated rings. The van der Waals surface area contributed by atoms with E-state index in [9.17, 15) is 23.1 Å². The van der Waals surface area contributed by atoms with Crippen LogP contribution in [0.2, 0.25) is 10.0 Å². The largest absolute Gasteiger partial charge is 0.495 e. The number of rotatable bonds is 5. The number of carbonyl (C=O) groups is 1. The highest BCUT2D eigenvalue weighted by Gasteiger charge is 2.39. The Morgan fingerprint density at radius 1 is 1.32 bits per heavy atom. The van der Waals surface area contributed by atoms with E-state index in [0.717, 1.165) is 10.4 Å². The van der Waals surface area contributed by atoms with Crippen molar-refractivity contribution < 1.29 is 27.8 Å². The van der Waals surface area contributed by atoms with E-state index in [1.54, 1.807) is 12.1 Å². The molecule has 0 spiro atoms. The van der Waals surface area contributed by atoms with Crippen LogP contribution in [0.15, 0.2) is 18.2 Å². The van der Waals surface area contributed by atoms with Crippen LogP contribution in [0.1, 0.15) is 11.4 Å². The van der Waals surface area contributed by atoms with Crippen molar-refractivity contribution in [2.45, 2.75) is 25.7 Å². The van der Waals surface area contributed by atoms with E-state index < -0.39 is 35.4 Å². The van der Waals surface area contributed by atoms with Crippen LogP contribution in [-0.4, -0.2) is 65.1 Å². The first-order valence-electron chi connectivity index (χ1n) is 9.35. The second-order valence-corrected chi connectivity index (χ2v) is 7.88. The van der Waals surface area contributed by atoms with Crippen molar-refractivity contribution in [1.82, 2.24) is 14.7 Å². The Morgan fingerprint density at radius 2 is 2.03 bits per heavy atom. The molecule has 0 saturated carbocycles.